The standard InChI is InChI=1S/C28H30N4O3S/c1-17-6-7-21(32-22-14-29-15-22)13-24(17)27(33)31-18(2)19-4-3-5-20(12-19)25-8-9-26(36-25)28(34)30-16-23-10-11-35-23/h3-9,12-13,22-23,29,32H,2,10-11,14-16H2,1H3,(H,30,34)(H,31,33). The van der Waals surface area contributed by atoms with Gasteiger partial charge in [0.05, 0.1) is 17.0 Å². The largest absolute Gasteiger partial charge is 0.380 e. The molecule has 0 spiro atoms. The number of hydrogen-bond donors (Lipinski definition) is 4. The number of thiophene rings is 1. The van der Waals surface area contributed by atoms with Crippen LogP contribution in [0.4, 0.5) is 5.69 Å². The van der Waals surface area contributed by atoms with Crippen LogP contribution in [0.5, 0.6) is 0 Å². The molecule has 0 radical (unpaired) electrons. The van der Waals surface area contributed by atoms with E-state index in [2.05, 4.69) is 27.8 Å². The Kier molecular flexibility index (Phi) is 7.18. The number of aryl methyl sites for hydroxylation is 1. The highest BCUT2D eigenvalue weighted by molar-refractivity contribution is 7.17. The van der Waals surface area contributed by atoms with Gasteiger partial charge in [-0.1, -0.05) is 30.8 Å². The molecule has 0 bridgehead atoms. The van der Waals surface area contributed by atoms with E-state index in [0.29, 0.717) is 28.7 Å². The summed E-state index contributed by atoms with van der Waals surface area (Å²) in [4.78, 5) is 27.2. The Morgan fingerprint density at radius 1 is 1.11 bits per heavy atom. The number of ether oxygens (including phenoxy) is 1. The van der Waals surface area contributed by atoms with Gasteiger partial charge in [0, 0.05) is 48.1 Å². The molecule has 1 aromatic heterocycles. The summed E-state index contributed by atoms with van der Waals surface area (Å²) >= 11 is 1.44. The minimum Gasteiger partial charge on any atom is -0.380 e. The lowest BCUT2D eigenvalue weighted by Crippen LogP contribution is -2.51. The lowest BCUT2D eigenvalue weighted by atomic mass is 10.0. The molecule has 1 unspecified atom stereocenters. The number of carbonyl (C=O) groups excluding carboxylic acids is 2. The van der Waals surface area contributed by atoms with Crippen molar-refractivity contribution < 1.29 is 14.3 Å². The van der Waals surface area contributed by atoms with Gasteiger partial charge in [0.2, 0.25) is 0 Å². The van der Waals surface area contributed by atoms with E-state index in [1.165, 1.54) is 11.3 Å². The summed E-state index contributed by atoms with van der Waals surface area (Å²) in [7, 11) is 0. The third-order valence-corrected chi connectivity index (χ3v) is 7.64. The van der Waals surface area contributed by atoms with Gasteiger partial charge in [0.15, 0.2) is 0 Å². The first-order chi connectivity index (χ1) is 17.5. The second kappa shape index (κ2) is 10.7. The van der Waals surface area contributed by atoms with Crippen molar-refractivity contribution in [1.82, 2.24) is 16.0 Å². The number of hydrogen-bond acceptors (Lipinski definition) is 6. The molecule has 5 rings (SSSR count). The van der Waals surface area contributed by atoms with Crippen molar-refractivity contribution in [3.8, 4) is 10.4 Å². The highest BCUT2D eigenvalue weighted by Gasteiger charge is 2.20. The molecule has 0 saturated carbocycles. The van der Waals surface area contributed by atoms with Crippen LogP contribution < -0.4 is 21.3 Å². The van der Waals surface area contributed by atoms with E-state index in [1.807, 2.05) is 61.5 Å². The molecule has 4 N–H and O–H groups in total. The van der Waals surface area contributed by atoms with Crippen LogP contribution in [-0.2, 0) is 4.74 Å². The number of carbonyl (C=O) groups is 2. The molecule has 0 aliphatic carbocycles. The lowest BCUT2D eigenvalue weighted by Gasteiger charge is -2.29. The Morgan fingerprint density at radius 2 is 1.94 bits per heavy atom. The van der Waals surface area contributed by atoms with E-state index in [0.717, 1.165) is 53.4 Å². The SMILES string of the molecule is C=C(NC(=O)c1cc(NC2CNC2)ccc1C)c1cccc(-c2ccc(C(=O)NCC3CCO3)s2)c1. The third kappa shape index (κ3) is 5.51. The topological polar surface area (TPSA) is 91.5 Å². The molecule has 2 aromatic carbocycles. The van der Waals surface area contributed by atoms with Gasteiger partial charge in [-0.15, -0.1) is 11.3 Å². The van der Waals surface area contributed by atoms with Crippen LogP contribution >= 0.6 is 11.3 Å². The van der Waals surface area contributed by atoms with Gasteiger partial charge in [-0.05, 0) is 60.4 Å². The van der Waals surface area contributed by atoms with E-state index in [1.54, 1.807) is 0 Å². The van der Waals surface area contributed by atoms with Crippen molar-refractivity contribution in [1.29, 1.82) is 0 Å². The minimum absolute atomic E-state index is 0.0877. The Morgan fingerprint density at radius 3 is 2.67 bits per heavy atom. The zero-order chi connectivity index (χ0) is 25.1. The average molecular weight is 503 g/mol. The van der Waals surface area contributed by atoms with Gasteiger partial charge in [-0.3, -0.25) is 9.59 Å². The van der Waals surface area contributed by atoms with Crippen LogP contribution in [-0.4, -0.2) is 50.2 Å². The first-order valence-corrected chi connectivity index (χ1v) is 13.0. The van der Waals surface area contributed by atoms with Crippen molar-refractivity contribution in [2.24, 2.45) is 0 Å². The highest BCUT2D eigenvalue weighted by atomic mass is 32.1. The van der Waals surface area contributed by atoms with Crippen LogP contribution in [0.3, 0.4) is 0 Å². The normalized spacial score (nSPS) is 17.0. The molecule has 1 atom stereocenters. The van der Waals surface area contributed by atoms with E-state index < -0.39 is 0 Å². The van der Waals surface area contributed by atoms with E-state index >= 15 is 0 Å². The summed E-state index contributed by atoms with van der Waals surface area (Å²) in [6.45, 7) is 9.19. The van der Waals surface area contributed by atoms with Gasteiger partial charge in [-0.2, -0.15) is 0 Å². The first kappa shape index (κ1) is 24.2. The van der Waals surface area contributed by atoms with Crippen LogP contribution in [0.2, 0.25) is 0 Å². The fourth-order valence-electron chi connectivity index (χ4n) is 4.07. The maximum absolute atomic E-state index is 13.1. The second-order valence-electron chi connectivity index (χ2n) is 9.20. The predicted molar refractivity (Wildman–Crippen MR) is 144 cm³/mol. The number of anilines is 1. The van der Waals surface area contributed by atoms with Gasteiger partial charge < -0.3 is 26.0 Å². The molecule has 36 heavy (non-hydrogen) atoms. The first-order valence-electron chi connectivity index (χ1n) is 12.1. The van der Waals surface area contributed by atoms with Crippen molar-refractivity contribution in [2.45, 2.75) is 25.5 Å². The average Bonchev–Trinajstić information content (AvgIpc) is 3.32. The Labute approximate surface area is 215 Å². The maximum Gasteiger partial charge on any atom is 0.261 e. The quantitative estimate of drug-likeness (QED) is 0.355. The van der Waals surface area contributed by atoms with Crippen molar-refractivity contribution in [2.75, 3.05) is 31.6 Å². The van der Waals surface area contributed by atoms with E-state index in [-0.39, 0.29) is 17.9 Å². The Bertz CT molecular complexity index is 1290. The van der Waals surface area contributed by atoms with Crippen LogP contribution in [0.1, 0.15) is 37.6 Å². The van der Waals surface area contributed by atoms with Gasteiger partial charge in [0.25, 0.3) is 11.8 Å². The number of amides is 2. The van der Waals surface area contributed by atoms with E-state index in [9.17, 15) is 9.59 Å². The molecule has 3 aromatic rings. The summed E-state index contributed by atoms with van der Waals surface area (Å²) in [6, 6.07) is 17.8. The van der Waals surface area contributed by atoms with Crippen molar-refractivity contribution >= 4 is 34.5 Å². The summed E-state index contributed by atoms with van der Waals surface area (Å²) in [5, 5.41) is 12.6. The van der Waals surface area contributed by atoms with Crippen molar-refractivity contribution in [3.63, 3.8) is 0 Å². The molecule has 2 saturated heterocycles. The molecule has 2 amide bonds. The second-order valence-corrected chi connectivity index (χ2v) is 10.3. The Balaban J connectivity index is 1.24. The minimum atomic E-state index is -0.191. The summed E-state index contributed by atoms with van der Waals surface area (Å²) in [5.74, 6) is -0.279. The maximum atomic E-state index is 13.1. The highest BCUT2D eigenvalue weighted by Crippen LogP contribution is 2.30. The molecule has 2 fully saturated rings. The summed E-state index contributed by atoms with van der Waals surface area (Å²) in [6.07, 6.45) is 1.12. The Hall–Kier alpha value is -3.46. The van der Waals surface area contributed by atoms with Gasteiger partial charge in [0.1, 0.15) is 0 Å². The molecule has 7 nitrogen and oxygen atoms in total. The van der Waals surface area contributed by atoms with Crippen LogP contribution in [0, 0.1) is 6.92 Å². The third-order valence-electron chi connectivity index (χ3n) is 6.51. The summed E-state index contributed by atoms with van der Waals surface area (Å²) < 4.78 is 5.36. The molecular weight excluding hydrogens is 472 g/mol. The van der Waals surface area contributed by atoms with Crippen LogP contribution in [0.25, 0.3) is 16.1 Å². The predicted octanol–water partition coefficient (Wildman–Crippen LogP) is 4.03. The van der Waals surface area contributed by atoms with Crippen LogP contribution in [0.15, 0.2) is 61.2 Å². The van der Waals surface area contributed by atoms with Gasteiger partial charge >= 0.3 is 0 Å². The fraction of sp³-hybridized carbons (Fsp3) is 0.286. The summed E-state index contributed by atoms with van der Waals surface area (Å²) in [5.41, 5.74) is 4.76. The zero-order valence-electron chi connectivity index (χ0n) is 20.2. The smallest absolute Gasteiger partial charge is 0.261 e. The van der Waals surface area contributed by atoms with Crippen molar-refractivity contribution in [3.05, 3.63) is 82.7 Å². The monoisotopic (exact) mass is 502 g/mol. The number of nitrogens with one attached hydrogen (secondary N) is 4. The molecule has 2 aliphatic rings. The molecular formula is C28H30N4O3S. The zero-order valence-corrected chi connectivity index (χ0v) is 21.0. The van der Waals surface area contributed by atoms with Gasteiger partial charge in [-0.25, -0.2) is 0 Å². The molecule has 3 heterocycles. The number of benzene rings is 2. The fourth-order valence-corrected chi connectivity index (χ4v) is 4.99. The molecule has 186 valence electrons. The number of rotatable bonds is 9. The lowest BCUT2D eigenvalue weighted by molar-refractivity contribution is -0.0472. The van der Waals surface area contributed by atoms with E-state index in [4.69, 9.17) is 4.74 Å². The molecule has 8 heteroatoms. The molecule has 2 aliphatic heterocycles.